The molecule has 0 spiro atoms. The van der Waals surface area contributed by atoms with Gasteiger partial charge in [-0.15, -0.1) is 5.10 Å². The van der Waals surface area contributed by atoms with Gasteiger partial charge in [0.15, 0.2) is 11.7 Å². The Morgan fingerprint density at radius 3 is 2.48 bits per heavy atom. The Morgan fingerprint density at radius 1 is 1.21 bits per heavy atom. The number of nitrogens with one attached hydrogen (secondary N) is 1. The fourth-order valence-electron chi connectivity index (χ4n) is 2.82. The van der Waals surface area contributed by atoms with Crippen LogP contribution < -0.4 is 10.2 Å². The van der Waals surface area contributed by atoms with Crippen LogP contribution >= 0.6 is 11.5 Å². The molecule has 29 heavy (non-hydrogen) atoms. The minimum Gasteiger partial charge on any atom is -0.464 e. The SMILES string of the molecule is CCC(C)(C)NC(=O)C(c1ccc(C)o1)N(C(=O)c1csnn1)c1ccccc1. The lowest BCUT2D eigenvalue weighted by molar-refractivity contribution is -0.124. The molecule has 0 aliphatic heterocycles. The van der Waals surface area contributed by atoms with Crippen molar-refractivity contribution in [1.82, 2.24) is 14.9 Å². The molecular weight excluding hydrogens is 388 g/mol. The highest BCUT2D eigenvalue weighted by Gasteiger charge is 2.38. The maximum Gasteiger partial charge on any atom is 0.280 e. The largest absolute Gasteiger partial charge is 0.464 e. The van der Waals surface area contributed by atoms with Gasteiger partial charge in [0.05, 0.1) is 0 Å². The van der Waals surface area contributed by atoms with Gasteiger partial charge in [0.1, 0.15) is 11.5 Å². The molecule has 0 saturated carbocycles. The Hall–Kier alpha value is -3.00. The van der Waals surface area contributed by atoms with Gasteiger partial charge in [-0.3, -0.25) is 14.5 Å². The number of carbonyl (C=O) groups excluding carboxylic acids is 2. The molecule has 1 atom stereocenters. The van der Waals surface area contributed by atoms with Crippen LogP contribution in [0.5, 0.6) is 0 Å². The number of hydrogen-bond donors (Lipinski definition) is 1. The van der Waals surface area contributed by atoms with E-state index in [0.29, 0.717) is 17.2 Å². The van der Waals surface area contributed by atoms with Crippen LogP contribution in [-0.2, 0) is 4.79 Å². The van der Waals surface area contributed by atoms with Crippen molar-refractivity contribution in [3.05, 3.63) is 65.1 Å². The van der Waals surface area contributed by atoms with Crippen LogP contribution in [0.25, 0.3) is 0 Å². The molecule has 2 heterocycles. The van der Waals surface area contributed by atoms with Gasteiger partial charge in [-0.25, -0.2) is 0 Å². The van der Waals surface area contributed by atoms with E-state index in [4.69, 9.17) is 4.42 Å². The molecule has 0 saturated heterocycles. The fraction of sp³-hybridized carbons (Fsp3) is 0.333. The van der Waals surface area contributed by atoms with Crippen molar-refractivity contribution < 1.29 is 14.0 Å². The van der Waals surface area contributed by atoms with E-state index in [1.54, 1.807) is 36.6 Å². The quantitative estimate of drug-likeness (QED) is 0.630. The second kappa shape index (κ2) is 8.57. The van der Waals surface area contributed by atoms with Crippen molar-refractivity contribution >= 4 is 29.0 Å². The van der Waals surface area contributed by atoms with Crippen molar-refractivity contribution in [2.24, 2.45) is 0 Å². The average molecular weight is 413 g/mol. The summed E-state index contributed by atoms with van der Waals surface area (Å²) in [5, 5.41) is 8.51. The van der Waals surface area contributed by atoms with E-state index in [0.717, 1.165) is 18.0 Å². The summed E-state index contributed by atoms with van der Waals surface area (Å²) in [7, 11) is 0. The smallest absolute Gasteiger partial charge is 0.280 e. The highest BCUT2D eigenvalue weighted by Crippen LogP contribution is 2.31. The molecule has 0 aliphatic carbocycles. The summed E-state index contributed by atoms with van der Waals surface area (Å²) in [4.78, 5) is 28.2. The van der Waals surface area contributed by atoms with Crippen molar-refractivity contribution in [2.45, 2.75) is 45.7 Å². The van der Waals surface area contributed by atoms with Crippen LogP contribution in [-0.4, -0.2) is 26.9 Å². The summed E-state index contributed by atoms with van der Waals surface area (Å²) in [6, 6.07) is 11.5. The Balaban J connectivity index is 2.12. The van der Waals surface area contributed by atoms with Crippen LogP contribution in [0, 0.1) is 6.92 Å². The van der Waals surface area contributed by atoms with E-state index in [-0.39, 0.29) is 11.6 Å². The molecule has 3 aromatic rings. The first-order valence-corrected chi connectivity index (χ1v) is 10.2. The van der Waals surface area contributed by atoms with Gasteiger partial charge in [-0.05, 0) is 63.0 Å². The molecule has 2 amide bonds. The van der Waals surface area contributed by atoms with Crippen LogP contribution in [0.15, 0.2) is 52.3 Å². The first-order chi connectivity index (χ1) is 13.8. The van der Waals surface area contributed by atoms with Gasteiger partial charge in [-0.2, -0.15) is 0 Å². The topological polar surface area (TPSA) is 88.3 Å². The van der Waals surface area contributed by atoms with Gasteiger partial charge in [0.2, 0.25) is 0 Å². The molecule has 0 fully saturated rings. The predicted octanol–water partition coefficient (Wildman–Crippen LogP) is 4.13. The number of hydrogen-bond acceptors (Lipinski definition) is 6. The Kier molecular flexibility index (Phi) is 6.12. The molecule has 2 aromatic heterocycles. The maximum absolute atomic E-state index is 13.4. The number of anilines is 1. The summed E-state index contributed by atoms with van der Waals surface area (Å²) in [5.74, 6) is 0.288. The zero-order chi connectivity index (χ0) is 21.0. The van der Waals surface area contributed by atoms with E-state index >= 15 is 0 Å². The van der Waals surface area contributed by atoms with Gasteiger partial charge < -0.3 is 9.73 Å². The molecule has 0 aliphatic rings. The molecule has 152 valence electrons. The summed E-state index contributed by atoms with van der Waals surface area (Å²) in [6.45, 7) is 7.67. The van der Waals surface area contributed by atoms with Crippen LogP contribution in [0.3, 0.4) is 0 Å². The summed E-state index contributed by atoms with van der Waals surface area (Å²) >= 11 is 1.08. The van der Waals surface area contributed by atoms with Gasteiger partial charge >= 0.3 is 0 Å². The maximum atomic E-state index is 13.4. The number of aryl methyl sites for hydroxylation is 1. The lowest BCUT2D eigenvalue weighted by Gasteiger charge is -2.33. The summed E-state index contributed by atoms with van der Waals surface area (Å²) in [6.07, 6.45) is 0.734. The Morgan fingerprint density at radius 2 is 1.93 bits per heavy atom. The number of carbonyl (C=O) groups is 2. The van der Waals surface area contributed by atoms with Gasteiger partial charge in [-0.1, -0.05) is 29.6 Å². The molecule has 0 radical (unpaired) electrons. The lowest BCUT2D eigenvalue weighted by Crippen LogP contribution is -2.50. The molecule has 8 heteroatoms. The molecule has 3 rings (SSSR count). The molecular formula is C21H24N4O3S. The number of furan rings is 1. The number of rotatable bonds is 7. The molecule has 1 N–H and O–H groups in total. The molecule has 0 bridgehead atoms. The second-order valence-electron chi connectivity index (χ2n) is 7.38. The predicted molar refractivity (Wildman–Crippen MR) is 112 cm³/mol. The van der Waals surface area contributed by atoms with Crippen LogP contribution in [0.4, 0.5) is 5.69 Å². The third-order valence-electron chi connectivity index (χ3n) is 4.71. The third-order valence-corrected chi connectivity index (χ3v) is 5.22. The van der Waals surface area contributed by atoms with Crippen molar-refractivity contribution in [2.75, 3.05) is 4.90 Å². The van der Waals surface area contributed by atoms with Crippen molar-refractivity contribution in [3.63, 3.8) is 0 Å². The van der Waals surface area contributed by atoms with E-state index in [2.05, 4.69) is 14.9 Å². The normalized spacial score (nSPS) is 12.4. The summed E-state index contributed by atoms with van der Waals surface area (Å²) < 4.78 is 9.59. The first kappa shape index (κ1) is 20.7. The van der Waals surface area contributed by atoms with Crippen molar-refractivity contribution in [3.8, 4) is 0 Å². The Bertz CT molecular complexity index is 967. The average Bonchev–Trinajstić information content (AvgIpc) is 3.37. The summed E-state index contributed by atoms with van der Waals surface area (Å²) in [5.41, 5.74) is 0.300. The van der Waals surface area contributed by atoms with Crippen LogP contribution in [0.2, 0.25) is 0 Å². The second-order valence-corrected chi connectivity index (χ2v) is 7.99. The monoisotopic (exact) mass is 412 g/mol. The third kappa shape index (κ3) is 4.71. The number of benzene rings is 1. The van der Waals surface area contributed by atoms with Gasteiger partial charge in [0.25, 0.3) is 11.8 Å². The van der Waals surface area contributed by atoms with Gasteiger partial charge in [0, 0.05) is 16.6 Å². The minimum absolute atomic E-state index is 0.176. The number of para-hydroxylation sites is 1. The zero-order valence-corrected chi connectivity index (χ0v) is 17.7. The first-order valence-electron chi connectivity index (χ1n) is 9.36. The zero-order valence-electron chi connectivity index (χ0n) is 16.9. The van der Waals surface area contributed by atoms with Crippen molar-refractivity contribution in [1.29, 1.82) is 0 Å². The van der Waals surface area contributed by atoms with E-state index < -0.39 is 17.5 Å². The molecule has 7 nitrogen and oxygen atoms in total. The lowest BCUT2D eigenvalue weighted by atomic mass is 10.0. The number of amides is 2. The van der Waals surface area contributed by atoms with E-state index in [9.17, 15) is 9.59 Å². The van der Waals surface area contributed by atoms with E-state index in [1.165, 1.54) is 4.90 Å². The molecule has 1 unspecified atom stereocenters. The Labute approximate surface area is 173 Å². The van der Waals surface area contributed by atoms with E-state index in [1.807, 2.05) is 39.0 Å². The standard InChI is InChI=1S/C21H24N4O3S/c1-5-21(3,4)22-19(26)18(17-12-11-14(2)28-17)25(15-9-7-6-8-10-15)20(27)16-13-29-24-23-16/h6-13,18H,5H2,1-4H3,(H,22,26). The number of aromatic nitrogens is 2. The minimum atomic E-state index is -0.994. The fourth-order valence-corrected chi connectivity index (χ4v) is 3.25. The van der Waals surface area contributed by atoms with Crippen LogP contribution in [0.1, 0.15) is 55.2 Å². The molecule has 1 aromatic carbocycles. The highest BCUT2D eigenvalue weighted by molar-refractivity contribution is 7.03. The number of nitrogens with zero attached hydrogens (tertiary/aromatic N) is 3. The highest BCUT2D eigenvalue weighted by atomic mass is 32.1.